The van der Waals surface area contributed by atoms with Gasteiger partial charge in [-0.2, -0.15) is 0 Å². The van der Waals surface area contributed by atoms with Crippen LogP contribution in [0.5, 0.6) is 11.5 Å². The first kappa shape index (κ1) is 23.7. The highest BCUT2D eigenvalue weighted by Gasteiger charge is 2.41. The fraction of sp³-hybridized carbons (Fsp3) is 0.667. The number of esters is 2. The lowest BCUT2D eigenvalue weighted by atomic mass is 9.75. The van der Waals surface area contributed by atoms with E-state index in [4.69, 9.17) is 9.47 Å². The number of rotatable bonds is 4. The second kappa shape index (κ2) is 8.25. The molecule has 2 atom stereocenters. The van der Waals surface area contributed by atoms with Crippen LogP contribution in [-0.2, 0) is 22.4 Å². The Labute approximate surface area is 177 Å². The predicted molar refractivity (Wildman–Crippen MR) is 121 cm³/mol. The summed E-state index contributed by atoms with van der Waals surface area (Å²) in [4.78, 5) is 23.6. The Morgan fingerprint density at radius 3 is 1.72 bits per heavy atom. The van der Waals surface area contributed by atoms with E-state index < -0.39 is 8.07 Å². The van der Waals surface area contributed by atoms with Crippen LogP contribution in [0.2, 0.25) is 24.2 Å². The molecule has 0 N–H and O–H groups in total. The molecule has 4 nitrogen and oxygen atoms in total. The average molecular weight is 419 g/mol. The van der Waals surface area contributed by atoms with Crippen molar-refractivity contribution >= 4 is 20.0 Å². The van der Waals surface area contributed by atoms with Crippen molar-refractivity contribution in [3.05, 3.63) is 22.3 Å². The largest absolute Gasteiger partial charge is 0.426 e. The van der Waals surface area contributed by atoms with Gasteiger partial charge in [-0.25, -0.2) is 0 Å². The van der Waals surface area contributed by atoms with E-state index in [0.717, 1.165) is 35.1 Å². The molecular weight excluding hydrogens is 380 g/mol. The Hall–Kier alpha value is -1.62. The van der Waals surface area contributed by atoms with Crippen LogP contribution >= 0.6 is 0 Å². The van der Waals surface area contributed by atoms with Gasteiger partial charge in [0.15, 0.2) is 0 Å². The average Bonchev–Trinajstić information content (AvgIpc) is 2.55. The van der Waals surface area contributed by atoms with Gasteiger partial charge in [0, 0.05) is 25.0 Å². The molecule has 0 aromatic heterocycles. The first-order valence-corrected chi connectivity index (χ1v) is 13.9. The second-order valence-electron chi connectivity index (χ2n) is 10.5. The lowest BCUT2D eigenvalue weighted by molar-refractivity contribution is -0.133. The minimum atomic E-state index is -1.46. The Kier molecular flexibility index (Phi) is 6.73. The van der Waals surface area contributed by atoms with Gasteiger partial charge >= 0.3 is 11.9 Å². The molecule has 0 amide bonds. The molecule has 0 fully saturated rings. The Morgan fingerprint density at radius 1 is 0.931 bits per heavy atom. The zero-order valence-corrected chi connectivity index (χ0v) is 20.9. The van der Waals surface area contributed by atoms with Crippen molar-refractivity contribution in [1.82, 2.24) is 0 Å². The molecule has 1 aromatic rings. The van der Waals surface area contributed by atoms with Gasteiger partial charge in [-0.1, -0.05) is 46.8 Å². The van der Waals surface area contributed by atoms with Crippen LogP contribution in [0.25, 0.3) is 0 Å². The maximum absolute atomic E-state index is 11.8. The van der Waals surface area contributed by atoms with Gasteiger partial charge in [-0.15, -0.1) is 0 Å². The van der Waals surface area contributed by atoms with Crippen molar-refractivity contribution in [1.29, 1.82) is 0 Å². The number of carbonyl (C=O) groups excluding carboxylic acids is 2. The Balaban J connectivity index is 2.58. The Bertz CT molecular complexity index is 817. The lowest BCUT2D eigenvalue weighted by Gasteiger charge is -2.43. The van der Waals surface area contributed by atoms with Crippen LogP contribution in [0.3, 0.4) is 0 Å². The number of hydrogen-bond acceptors (Lipinski definition) is 4. The quantitative estimate of drug-likeness (QED) is 0.341. The van der Waals surface area contributed by atoms with Crippen molar-refractivity contribution in [2.75, 3.05) is 0 Å². The van der Waals surface area contributed by atoms with Crippen LogP contribution in [0.15, 0.2) is 0 Å². The van der Waals surface area contributed by atoms with Crippen molar-refractivity contribution in [2.24, 2.45) is 11.8 Å². The summed E-state index contributed by atoms with van der Waals surface area (Å²) < 4.78 is 11.3. The van der Waals surface area contributed by atoms with Crippen LogP contribution in [0, 0.1) is 25.7 Å². The second-order valence-corrected chi connectivity index (χ2v) is 16.2. The molecule has 2 rings (SSSR count). The van der Waals surface area contributed by atoms with E-state index in [9.17, 15) is 9.59 Å². The summed E-state index contributed by atoms with van der Waals surface area (Å²) in [5.74, 6) is 1.73. The minimum Gasteiger partial charge on any atom is -0.426 e. The van der Waals surface area contributed by atoms with E-state index in [0.29, 0.717) is 28.4 Å². The summed E-state index contributed by atoms with van der Waals surface area (Å²) in [7, 11) is -1.46. The maximum Gasteiger partial charge on any atom is 0.308 e. The standard InChI is InChI=1S/C24H38O4Si/c1-14-11-20-21(12-19(14)13-29(9,10)24(6,7)8)23(28-18(5)26)16(3)15(2)22(20)27-17(4)25/h14,19H,11-13H2,1-10H3/t14-,19+/m0/s1. The van der Waals surface area contributed by atoms with Crippen LogP contribution in [0.1, 0.15) is 63.8 Å². The molecule has 0 radical (unpaired) electrons. The van der Waals surface area contributed by atoms with E-state index in [1.54, 1.807) is 0 Å². The van der Waals surface area contributed by atoms with Gasteiger partial charge in [0.25, 0.3) is 0 Å². The van der Waals surface area contributed by atoms with Crippen molar-refractivity contribution in [2.45, 2.75) is 92.4 Å². The number of carbonyl (C=O) groups is 2. The van der Waals surface area contributed by atoms with Gasteiger partial charge in [0.05, 0.1) is 8.07 Å². The molecule has 0 saturated heterocycles. The van der Waals surface area contributed by atoms with Gasteiger partial charge in [-0.3, -0.25) is 9.59 Å². The fourth-order valence-electron chi connectivity index (χ4n) is 4.25. The zero-order valence-electron chi connectivity index (χ0n) is 19.9. The zero-order chi connectivity index (χ0) is 22.3. The normalized spacial score (nSPS) is 19.5. The van der Waals surface area contributed by atoms with Crippen molar-refractivity contribution in [3.63, 3.8) is 0 Å². The van der Waals surface area contributed by atoms with E-state index in [-0.39, 0.29) is 11.9 Å². The third-order valence-electron chi connectivity index (χ3n) is 7.25. The fourth-order valence-corrected chi connectivity index (χ4v) is 6.72. The van der Waals surface area contributed by atoms with Crippen molar-refractivity contribution in [3.8, 4) is 11.5 Å². The first-order chi connectivity index (χ1) is 13.2. The van der Waals surface area contributed by atoms with E-state index in [1.165, 1.54) is 19.9 Å². The Morgan fingerprint density at radius 2 is 1.34 bits per heavy atom. The summed E-state index contributed by atoms with van der Waals surface area (Å²) >= 11 is 0. The van der Waals surface area contributed by atoms with Crippen LogP contribution in [0.4, 0.5) is 0 Å². The summed E-state index contributed by atoms with van der Waals surface area (Å²) in [6, 6.07) is 1.23. The highest BCUT2D eigenvalue weighted by molar-refractivity contribution is 6.80. The SMILES string of the molecule is CC(=O)Oc1c(C)c(C)c(OC(C)=O)c2c1C[C@H](C[Si](C)(C)C(C)(C)C)[C@@H](C)C2. The monoisotopic (exact) mass is 418 g/mol. The molecule has 0 unspecified atom stereocenters. The number of ether oxygens (including phenoxy) is 2. The number of benzene rings is 1. The maximum atomic E-state index is 11.8. The summed E-state index contributed by atoms with van der Waals surface area (Å²) in [6.07, 6.45) is 1.70. The minimum absolute atomic E-state index is 0.311. The van der Waals surface area contributed by atoms with E-state index >= 15 is 0 Å². The van der Waals surface area contributed by atoms with E-state index in [1.807, 2.05) is 13.8 Å². The molecule has 5 heteroatoms. The summed E-state index contributed by atoms with van der Waals surface area (Å²) in [6.45, 7) is 21.1. The molecule has 1 aromatic carbocycles. The topological polar surface area (TPSA) is 52.6 Å². The van der Waals surface area contributed by atoms with E-state index in [2.05, 4.69) is 40.8 Å². The molecule has 0 heterocycles. The van der Waals surface area contributed by atoms with Gasteiger partial charge < -0.3 is 9.47 Å². The van der Waals surface area contributed by atoms with Crippen LogP contribution in [-0.4, -0.2) is 20.0 Å². The molecule has 162 valence electrons. The highest BCUT2D eigenvalue weighted by Crippen LogP contribution is 2.49. The van der Waals surface area contributed by atoms with Gasteiger partial charge in [0.2, 0.25) is 0 Å². The number of hydrogen-bond donors (Lipinski definition) is 0. The first-order valence-electron chi connectivity index (χ1n) is 10.7. The highest BCUT2D eigenvalue weighted by atomic mass is 28.3. The molecule has 0 bridgehead atoms. The summed E-state index contributed by atoms with van der Waals surface area (Å²) in [5, 5.41) is 0.331. The molecule has 29 heavy (non-hydrogen) atoms. The molecule has 0 saturated carbocycles. The molecule has 1 aliphatic carbocycles. The number of fused-ring (bicyclic) bond motifs is 1. The third-order valence-corrected chi connectivity index (χ3v) is 12.9. The molecule has 0 spiro atoms. The van der Waals surface area contributed by atoms with Gasteiger partial charge in [-0.05, 0) is 54.7 Å². The van der Waals surface area contributed by atoms with Gasteiger partial charge in [0.1, 0.15) is 11.5 Å². The third kappa shape index (κ3) is 4.93. The molecule has 1 aliphatic rings. The van der Waals surface area contributed by atoms with Crippen LogP contribution < -0.4 is 9.47 Å². The predicted octanol–water partition coefficient (Wildman–Crippen LogP) is 6.01. The smallest absolute Gasteiger partial charge is 0.308 e. The molecule has 0 aliphatic heterocycles. The van der Waals surface area contributed by atoms with Crippen molar-refractivity contribution < 1.29 is 19.1 Å². The lowest BCUT2D eigenvalue weighted by Crippen LogP contribution is -2.41. The molecular formula is C24H38O4Si. The summed E-state index contributed by atoms with van der Waals surface area (Å²) in [5.41, 5.74) is 3.86.